The Morgan fingerprint density at radius 2 is 0.663 bits per heavy atom. The minimum Gasteiger partial charge on any atom is -0.484 e. The minimum atomic E-state index is -0.910. The zero-order chi connectivity index (χ0) is 71.7. The number of carbonyl (C=O) groups excluding carboxylic acids is 7. The van der Waals surface area contributed by atoms with Crippen molar-refractivity contribution in [1.82, 2.24) is 36.0 Å². The Labute approximate surface area is 594 Å². The molecule has 5 saturated heterocycles. The maximum absolute atomic E-state index is 12.5. The van der Waals surface area contributed by atoms with Gasteiger partial charge in [0.15, 0.2) is 31.4 Å². The van der Waals surface area contributed by atoms with Gasteiger partial charge in [0.2, 0.25) is 0 Å². The molecule has 0 spiro atoms. The van der Waals surface area contributed by atoms with E-state index in [1.807, 2.05) is 76.2 Å². The van der Waals surface area contributed by atoms with Crippen LogP contribution in [0.15, 0.2) is 146 Å². The molecule has 0 unspecified atom stereocenters. The van der Waals surface area contributed by atoms with Crippen molar-refractivity contribution in [2.24, 2.45) is 11.5 Å². The number of likely N-dealkylation sites (tertiary alicyclic amines) is 3. The SMILES string of the molecule is CC(C)(C)OC(=O)NCc1ccc(C(=O)NCc2ccc(OCC(=O)N3C[C@@H]4OC(C)(C)O[C@@H]4C3)cc2)cc1.CC1(C)O[C@H]2CN(C(=O)COc3ccc(CNC(=O)c4ccc(CN)cc4)cc3)C[C@H]2O1.Cl.NCc1ccc(C(=O)NCc2ccc(OCC(=O)N3C[C@@H](O)[C@@H](O)C3)cc2)cc1. The summed E-state index contributed by atoms with van der Waals surface area (Å²) in [5.41, 5.74) is 17.8. The number of rotatable bonds is 22. The Bertz CT molecular complexity index is 3710. The molecule has 5 aliphatic rings. The summed E-state index contributed by atoms with van der Waals surface area (Å²) in [5, 5.41) is 30.3. The number of amides is 7. The number of fused-ring (bicyclic) bond motifs is 2. The second kappa shape index (κ2) is 35.4. The van der Waals surface area contributed by atoms with Crippen molar-refractivity contribution in [1.29, 1.82) is 0 Å². The number of halogens is 1. The van der Waals surface area contributed by atoms with Crippen molar-refractivity contribution >= 4 is 53.9 Å². The van der Waals surface area contributed by atoms with E-state index >= 15 is 0 Å². The molecule has 5 aliphatic heterocycles. The van der Waals surface area contributed by atoms with E-state index in [1.165, 1.54) is 4.90 Å². The number of nitrogens with two attached hydrogens (primary N) is 2. The number of carbonyl (C=O) groups is 7. The Morgan fingerprint density at radius 1 is 0.416 bits per heavy atom. The highest BCUT2D eigenvalue weighted by molar-refractivity contribution is 5.95. The first-order chi connectivity index (χ1) is 47.6. The van der Waals surface area contributed by atoms with Crippen LogP contribution >= 0.6 is 12.4 Å². The van der Waals surface area contributed by atoms with Gasteiger partial charge in [0.25, 0.3) is 35.4 Å². The molecule has 26 nitrogen and oxygen atoms in total. The predicted molar refractivity (Wildman–Crippen MR) is 374 cm³/mol. The molecule has 27 heteroatoms. The first-order valence-electron chi connectivity index (χ1n) is 33.2. The molecule has 11 rings (SSSR count). The number of hydrogen-bond donors (Lipinski definition) is 8. The summed E-state index contributed by atoms with van der Waals surface area (Å²) in [6.07, 6.45) is -2.67. The van der Waals surface area contributed by atoms with Gasteiger partial charge in [-0.1, -0.05) is 72.8 Å². The second-order valence-electron chi connectivity index (χ2n) is 26.7. The summed E-state index contributed by atoms with van der Waals surface area (Å²) in [6, 6.07) is 42.9. The van der Waals surface area contributed by atoms with Crippen LogP contribution in [0.4, 0.5) is 4.79 Å². The van der Waals surface area contributed by atoms with Crippen molar-refractivity contribution in [2.75, 3.05) is 59.1 Å². The van der Waals surface area contributed by atoms with Gasteiger partial charge in [-0.3, -0.25) is 28.8 Å². The van der Waals surface area contributed by atoms with Crippen molar-refractivity contribution in [2.45, 2.75) is 142 Å². The number of nitrogens with one attached hydrogen (secondary N) is 4. The Kier molecular flexibility index (Phi) is 27.2. The van der Waals surface area contributed by atoms with Gasteiger partial charge in [-0.25, -0.2) is 4.79 Å². The van der Waals surface area contributed by atoms with Gasteiger partial charge >= 0.3 is 6.09 Å². The normalized spacial score (nSPS) is 19.7. The van der Waals surface area contributed by atoms with Gasteiger partial charge in [0.1, 0.15) is 47.3 Å². The fraction of sp³-hybridized carbons (Fsp3) is 0.419. The van der Waals surface area contributed by atoms with E-state index in [4.69, 9.17) is 49.4 Å². The fourth-order valence-electron chi connectivity index (χ4n) is 11.4. The van der Waals surface area contributed by atoms with Crippen LogP contribution in [0.3, 0.4) is 0 Å². The fourth-order valence-corrected chi connectivity index (χ4v) is 11.4. The summed E-state index contributed by atoms with van der Waals surface area (Å²) in [5.74, 6) is -0.532. The smallest absolute Gasteiger partial charge is 0.407 e. The lowest BCUT2D eigenvalue weighted by Gasteiger charge is -2.23. The second-order valence-corrected chi connectivity index (χ2v) is 26.7. The molecule has 6 aromatic carbocycles. The Morgan fingerprint density at radius 3 is 0.931 bits per heavy atom. The largest absolute Gasteiger partial charge is 0.484 e. The third-order valence-electron chi connectivity index (χ3n) is 16.7. The highest BCUT2D eigenvalue weighted by Gasteiger charge is 2.49. The number of nitrogens with zero attached hydrogens (tertiary/aromatic N) is 3. The van der Waals surface area contributed by atoms with E-state index < -0.39 is 35.5 Å². The predicted octanol–water partition coefficient (Wildman–Crippen LogP) is 5.64. The molecule has 0 radical (unpaired) electrons. The van der Waals surface area contributed by atoms with Crippen molar-refractivity contribution in [3.8, 4) is 17.2 Å². The molecular formula is C74H92ClN9O17. The highest BCUT2D eigenvalue weighted by atomic mass is 35.5. The molecule has 0 bridgehead atoms. The summed E-state index contributed by atoms with van der Waals surface area (Å²) in [4.78, 5) is 90.7. The summed E-state index contributed by atoms with van der Waals surface area (Å²) in [6.45, 7) is 17.2. The number of hydrogen-bond acceptors (Lipinski definition) is 19. The molecule has 0 aromatic heterocycles. The van der Waals surface area contributed by atoms with E-state index in [0.717, 1.165) is 33.4 Å². The lowest BCUT2D eigenvalue weighted by atomic mass is 10.1. The van der Waals surface area contributed by atoms with Crippen LogP contribution in [0.2, 0.25) is 0 Å². The van der Waals surface area contributed by atoms with E-state index in [1.54, 1.807) is 128 Å². The molecular weight excluding hydrogens is 1320 g/mol. The van der Waals surface area contributed by atoms with Crippen molar-refractivity contribution < 1.29 is 81.7 Å². The van der Waals surface area contributed by atoms with Crippen molar-refractivity contribution in [3.05, 3.63) is 196 Å². The van der Waals surface area contributed by atoms with Crippen LogP contribution in [-0.4, -0.2) is 179 Å². The van der Waals surface area contributed by atoms with E-state index in [2.05, 4.69) is 21.3 Å². The first kappa shape index (κ1) is 77.5. The molecule has 10 N–H and O–H groups in total. The molecule has 542 valence electrons. The van der Waals surface area contributed by atoms with Crippen LogP contribution in [0, 0.1) is 0 Å². The number of benzene rings is 6. The third kappa shape index (κ3) is 23.4. The summed E-state index contributed by atoms with van der Waals surface area (Å²) >= 11 is 0. The monoisotopic (exact) mass is 1410 g/mol. The van der Waals surface area contributed by atoms with E-state index in [0.29, 0.717) is 99.4 Å². The summed E-state index contributed by atoms with van der Waals surface area (Å²) in [7, 11) is 0. The number of ether oxygens (including phenoxy) is 8. The van der Waals surface area contributed by atoms with Crippen molar-refractivity contribution in [3.63, 3.8) is 0 Å². The van der Waals surface area contributed by atoms with Crippen LogP contribution in [0.5, 0.6) is 17.2 Å². The molecule has 0 aliphatic carbocycles. The maximum Gasteiger partial charge on any atom is 0.407 e. The van der Waals surface area contributed by atoms with Gasteiger partial charge in [-0.05, 0) is 155 Å². The average molecular weight is 1420 g/mol. The third-order valence-corrected chi connectivity index (χ3v) is 16.7. The minimum absolute atomic E-state index is 0. The molecule has 5 fully saturated rings. The Balaban J connectivity index is 0.000000194. The topological polar surface area (TPSA) is 344 Å². The highest BCUT2D eigenvalue weighted by Crippen LogP contribution is 2.34. The Hall–Kier alpha value is -9.22. The molecule has 6 aromatic rings. The standard InChI is InChI=1S/C29H37N3O7.C24H29N3O5.C21H25N3O5.ClH/c1-28(2,3)39-27(35)31-15-19-6-10-21(11-7-19)26(34)30-14-20-8-12-22(13-9-20)36-18-25(33)32-16-23-24(17-32)38-29(4,5)37-23;1-24(2)31-20-13-27(14-21(20)32-24)22(28)15-30-19-9-5-17(6-10-19)12-26-23(29)18-7-3-16(11-25)4-8-18;22-9-14-1-5-16(6-2-14)21(28)23-10-15-3-7-17(8-4-15)29-13-20(27)24-11-18(25)19(26)12-24;/h6-13,23-24H,14-18H2,1-5H3,(H,30,34)(H,31,35);3-10,20-21H,11-15,25H2,1-2H3,(H,26,29);1-8,18-19,25-26H,9-13,22H2,(H,23,28);1H/t23-,24+;20-,21+;18-,19+;. The summed E-state index contributed by atoms with van der Waals surface area (Å²) < 4.78 is 45.3. The maximum atomic E-state index is 12.5. The number of β-amino-alcohol motifs (C(OH)–C–C–N with tert-alkyl or cyclic N) is 2. The van der Waals surface area contributed by atoms with Gasteiger partial charge < -0.3 is 95.5 Å². The zero-order valence-corrected chi connectivity index (χ0v) is 58.7. The molecule has 5 heterocycles. The molecule has 0 saturated carbocycles. The van der Waals surface area contributed by atoms with Gasteiger partial charge in [0, 0.05) is 95.2 Å². The quantitative estimate of drug-likeness (QED) is 0.0408. The molecule has 7 amide bonds. The van der Waals surface area contributed by atoms with E-state index in [9.17, 15) is 43.8 Å². The first-order valence-corrected chi connectivity index (χ1v) is 33.2. The van der Waals surface area contributed by atoms with Gasteiger partial charge in [-0.2, -0.15) is 0 Å². The van der Waals surface area contributed by atoms with Crippen LogP contribution in [0.1, 0.15) is 113 Å². The van der Waals surface area contributed by atoms with Crippen LogP contribution < -0.4 is 46.9 Å². The molecule has 6 atom stereocenters. The molecule has 101 heavy (non-hydrogen) atoms. The lowest BCUT2D eigenvalue weighted by Crippen LogP contribution is -2.36. The van der Waals surface area contributed by atoms with Crippen LogP contribution in [-0.2, 0) is 77.3 Å². The van der Waals surface area contributed by atoms with E-state index in [-0.39, 0.29) is 105 Å². The zero-order valence-electron chi connectivity index (χ0n) is 57.8. The van der Waals surface area contributed by atoms with Gasteiger partial charge in [0.05, 0.1) is 12.2 Å². The van der Waals surface area contributed by atoms with Gasteiger partial charge in [-0.15, -0.1) is 12.4 Å². The average Bonchev–Trinajstić information content (AvgIpc) is 1.65. The lowest BCUT2D eigenvalue weighted by molar-refractivity contribution is -0.161. The number of aliphatic hydroxyl groups is 2. The number of aliphatic hydroxyl groups excluding tert-OH is 2. The number of alkyl carbamates (subject to hydrolysis) is 1. The van der Waals surface area contributed by atoms with Crippen LogP contribution in [0.25, 0.3) is 0 Å².